The van der Waals surface area contributed by atoms with Gasteiger partial charge in [0.05, 0.1) is 5.52 Å². The summed E-state index contributed by atoms with van der Waals surface area (Å²) in [6.45, 7) is 0. The molecule has 0 aliphatic heterocycles. The van der Waals surface area contributed by atoms with Gasteiger partial charge in [0.1, 0.15) is 0 Å². The first-order chi connectivity index (χ1) is 8.75. The number of pyridine rings is 2. The fourth-order valence-electron chi connectivity index (χ4n) is 2.00. The number of hydrogen-bond acceptors (Lipinski definition) is 2. The first-order valence-electron chi connectivity index (χ1n) is 5.56. The standard InChI is InChI=1S/C14H10N2O2/c17-13-8-12-10(9-15-13)6-7-14(18)16(12)11-4-2-1-3-5-11/h1-9H,(H,15,17). The number of H-pyrrole nitrogens is 1. The summed E-state index contributed by atoms with van der Waals surface area (Å²) >= 11 is 0. The van der Waals surface area contributed by atoms with E-state index in [1.165, 1.54) is 16.7 Å². The molecule has 0 spiro atoms. The van der Waals surface area contributed by atoms with Crippen molar-refractivity contribution in [3.05, 3.63) is 75.4 Å². The minimum atomic E-state index is -0.224. The van der Waals surface area contributed by atoms with Crippen LogP contribution in [0.15, 0.2) is 64.3 Å². The predicted octanol–water partition coefficient (Wildman–Crippen LogP) is 1.68. The van der Waals surface area contributed by atoms with E-state index in [9.17, 15) is 9.59 Å². The van der Waals surface area contributed by atoms with Gasteiger partial charge in [0, 0.05) is 29.4 Å². The third kappa shape index (κ3) is 1.64. The molecule has 3 rings (SSSR count). The van der Waals surface area contributed by atoms with Gasteiger partial charge in [-0.3, -0.25) is 14.2 Å². The third-order valence-electron chi connectivity index (χ3n) is 2.81. The molecule has 0 fully saturated rings. The largest absolute Gasteiger partial charge is 0.328 e. The number of fused-ring (bicyclic) bond motifs is 1. The third-order valence-corrected chi connectivity index (χ3v) is 2.81. The van der Waals surface area contributed by atoms with Crippen molar-refractivity contribution in [3.8, 4) is 5.69 Å². The zero-order chi connectivity index (χ0) is 12.5. The second kappa shape index (κ2) is 4.00. The molecule has 18 heavy (non-hydrogen) atoms. The van der Waals surface area contributed by atoms with Crippen LogP contribution in [0.1, 0.15) is 0 Å². The minimum absolute atomic E-state index is 0.153. The highest BCUT2D eigenvalue weighted by atomic mass is 16.1. The van der Waals surface area contributed by atoms with E-state index >= 15 is 0 Å². The van der Waals surface area contributed by atoms with Gasteiger partial charge >= 0.3 is 0 Å². The molecule has 0 aliphatic rings. The first-order valence-corrected chi connectivity index (χ1v) is 5.56. The maximum Gasteiger partial charge on any atom is 0.255 e. The Morgan fingerprint density at radius 3 is 2.50 bits per heavy atom. The molecular formula is C14H10N2O2. The molecule has 0 atom stereocenters. The van der Waals surface area contributed by atoms with Crippen molar-refractivity contribution in [2.75, 3.05) is 0 Å². The summed E-state index contributed by atoms with van der Waals surface area (Å²) < 4.78 is 1.53. The summed E-state index contributed by atoms with van der Waals surface area (Å²) in [5.41, 5.74) is 0.980. The summed E-state index contributed by atoms with van der Waals surface area (Å²) in [5.74, 6) is 0. The molecule has 0 amide bonds. The molecule has 88 valence electrons. The van der Waals surface area contributed by atoms with Gasteiger partial charge in [-0.25, -0.2) is 0 Å². The molecule has 2 aromatic heterocycles. The van der Waals surface area contributed by atoms with Crippen molar-refractivity contribution in [3.63, 3.8) is 0 Å². The number of benzene rings is 1. The number of hydrogen-bond donors (Lipinski definition) is 1. The lowest BCUT2D eigenvalue weighted by Crippen LogP contribution is -2.19. The Morgan fingerprint density at radius 2 is 1.72 bits per heavy atom. The molecule has 4 nitrogen and oxygen atoms in total. The van der Waals surface area contributed by atoms with E-state index in [2.05, 4.69) is 4.98 Å². The minimum Gasteiger partial charge on any atom is -0.328 e. The van der Waals surface area contributed by atoms with Gasteiger partial charge in [-0.2, -0.15) is 0 Å². The van der Waals surface area contributed by atoms with Gasteiger partial charge < -0.3 is 4.98 Å². The van der Waals surface area contributed by atoms with Crippen LogP contribution in [0.3, 0.4) is 0 Å². The van der Waals surface area contributed by atoms with E-state index in [-0.39, 0.29) is 11.1 Å². The highest BCUT2D eigenvalue weighted by Gasteiger charge is 2.05. The monoisotopic (exact) mass is 238 g/mol. The van der Waals surface area contributed by atoms with Crippen LogP contribution in [-0.4, -0.2) is 9.55 Å². The van der Waals surface area contributed by atoms with Gasteiger partial charge in [0.15, 0.2) is 0 Å². The quantitative estimate of drug-likeness (QED) is 0.701. The zero-order valence-corrected chi connectivity index (χ0v) is 9.46. The Labute approximate surface area is 102 Å². The van der Waals surface area contributed by atoms with Gasteiger partial charge in [-0.1, -0.05) is 18.2 Å². The van der Waals surface area contributed by atoms with E-state index in [1.807, 2.05) is 30.3 Å². The lowest BCUT2D eigenvalue weighted by atomic mass is 10.2. The van der Waals surface area contributed by atoms with Crippen LogP contribution < -0.4 is 11.1 Å². The molecule has 4 heteroatoms. The predicted molar refractivity (Wildman–Crippen MR) is 70.2 cm³/mol. The molecule has 0 bridgehead atoms. The van der Waals surface area contributed by atoms with Crippen molar-refractivity contribution in [1.82, 2.24) is 9.55 Å². The normalized spacial score (nSPS) is 10.7. The average molecular weight is 238 g/mol. The van der Waals surface area contributed by atoms with Gasteiger partial charge in [-0.05, 0) is 18.2 Å². The van der Waals surface area contributed by atoms with Crippen molar-refractivity contribution < 1.29 is 0 Å². The summed E-state index contributed by atoms with van der Waals surface area (Å²) in [6, 6.07) is 13.9. The average Bonchev–Trinajstić information content (AvgIpc) is 2.39. The Kier molecular flexibility index (Phi) is 2.34. The van der Waals surface area contributed by atoms with Crippen LogP contribution in [0, 0.1) is 0 Å². The number of para-hydroxylation sites is 1. The van der Waals surface area contributed by atoms with Gasteiger partial charge in [0.2, 0.25) is 5.56 Å². The molecule has 2 heterocycles. The smallest absolute Gasteiger partial charge is 0.255 e. The van der Waals surface area contributed by atoms with Gasteiger partial charge in [-0.15, -0.1) is 0 Å². The Morgan fingerprint density at radius 1 is 0.944 bits per heavy atom. The topological polar surface area (TPSA) is 54.9 Å². The molecular weight excluding hydrogens is 228 g/mol. The van der Waals surface area contributed by atoms with Crippen LogP contribution in [0.5, 0.6) is 0 Å². The van der Waals surface area contributed by atoms with Crippen molar-refractivity contribution in [2.45, 2.75) is 0 Å². The number of nitrogens with one attached hydrogen (secondary N) is 1. The van der Waals surface area contributed by atoms with E-state index < -0.39 is 0 Å². The second-order valence-corrected chi connectivity index (χ2v) is 3.98. The summed E-state index contributed by atoms with van der Waals surface area (Å²) in [5, 5.41) is 0.818. The number of aromatic amines is 1. The fourth-order valence-corrected chi connectivity index (χ4v) is 2.00. The van der Waals surface area contributed by atoms with E-state index in [1.54, 1.807) is 12.3 Å². The van der Waals surface area contributed by atoms with Crippen LogP contribution >= 0.6 is 0 Å². The Bertz CT molecular complexity index is 811. The van der Waals surface area contributed by atoms with Crippen LogP contribution in [0.25, 0.3) is 16.6 Å². The van der Waals surface area contributed by atoms with Crippen LogP contribution in [0.4, 0.5) is 0 Å². The zero-order valence-electron chi connectivity index (χ0n) is 9.46. The van der Waals surface area contributed by atoms with E-state index in [0.29, 0.717) is 5.52 Å². The Hall–Kier alpha value is -2.62. The highest BCUT2D eigenvalue weighted by molar-refractivity contribution is 5.79. The number of nitrogens with zero attached hydrogens (tertiary/aromatic N) is 1. The second-order valence-electron chi connectivity index (χ2n) is 3.98. The molecule has 0 radical (unpaired) electrons. The van der Waals surface area contributed by atoms with Crippen molar-refractivity contribution >= 4 is 10.9 Å². The van der Waals surface area contributed by atoms with E-state index in [0.717, 1.165) is 11.1 Å². The van der Waals surface area contributed by atoms with Crippen LogP contribution in [-0.2, 0) is 0 Å². The van der Waals surface area contributed by atoms with E-state index in [4.69, 9.17) is 0 Å². The fraction of sp³-hybridized carbons (Fsp3) is 0. The van der Waals surface area contributed by atoms with Crippen molar-refractivity contribution in [2.24, 2.45) is 0 Å². The maximum absolute atomic E-state index is 12.0. The highest BCUT2D eigenvalue weighted by Crippen LogP contribution is 2.13. The first kappa shape index (κ1) is 10.5. The molecule has 0 saturated carbocycles. The molecule has 0 unspecified atom stereocenters. The van der Waals surface area contributed by atoms with Gasteiger partial charge in [0.25, 0.3) is 5.56 Å². The Balaban J connectivity index is 2.48. The van der Waals surface area contributed by atoms with Crippen LogP contribution in [0.2, 0.25) is 0 Å². The lowest BCUT2D eigenvalue weighted by Gasteiger charge is -2.09. The molecule has 0 aliphatic carbocycles. The number of aromatic nitrogens is 2. The summed E-state index contributed by atoms with van der Waals surface area (Å²) in [6.07, 6.45) is 1.61. The summed E-state index contributed by atoms with van der Waals surface area (Å²) in [7, 11) is 0. The molecule has 1 aromatic carbocycles. The molecule has 0 saturated heterocycles. The molecule has 3 aromatic rings. The SMILES string of the molecule is O=c1cc2c(ccc(=O)n2-c2ccccc2)c[nH]1. The number of rotatable bonds is 1. The van der Waals surface area contributed by atoms with Crippen molar-refractivity contribution in [1.29, 1.82) is 0 Å². The summed E-state index contributed by atoms with van der Waals surface area (Å²) in [4.78, 5) is 26.0. The lowest BCUT2D eigenvalue weighted by molar-refractivity contribution is 1.04. The molecule has 1 N–H and O–H groups in total. The maximum atomic E-state index is 12.0.